The van der Waals surface area contributed by atoms with Crippen LogP contribution < -0.4 is 5.73 Å². The van der Waals surface area contributed by atoms with Crippen molar-refractivity contribution in [3.63, 3.8) is 0 Å². The second kappa shape index (κ2) is 6.83. The van der Waals surface area contributed by atoms with Crippen LogP contribution in [0.15, 0.2) is 34.9 Å². The van der Waals surface area contributed by atoms with E-state index in [1.807, 2.05) is 18.2 Å². The molecule has 0 unspecified atom stereocenters. The van der Waals surface area contributed by atoms with Crippen LogP contribution in [0.25, 0.3) is 0 Å². The molecule has 108 valence electrons. The largest absolute Gasteiger partial charge is 0.338 e. The lowest BCUT2D eigenvalue weighted by atomic mass is 10.1. The number of rotatable bonds is 4. The lowest BCUT2D eigenvalue weighted by Gasteiger charge is -2.10. The maximum Gasteiger partial charge on any atom is 0.240 e. The zero-order valence-electron chi connectivity index (χ0n) is 11.2. The Balaban J connectivity index is 0.00000147. The van der Waals surface area contributed by atoms with Crippen LogP contribution in [0.4, 0.5) is 0 Å². The summed E-state index contributed by atoms with van der Waals surface area (Å²) in [6.07, 6.45) is 1.76. The minimum atomic E-state index is 0. The number of hydrogen-bond donors (Lipinski definition) is 1. The highest BCUT2D eigenvalue weighted by molar-refractivity contribution is 5.85. The quantitative estimate of drug-likeness (QED) is 0.928. The molecule has 0 bridgehead atoms. The van der Waals surface area contributed by atoms with Crippen LogP contribution in [0.2, 0.25) is 0 Å². The van der Waals surface area contributed by atoms with Gasteiger partial charge in [-0.1, -0.05) is 35.5 Å². The van der Waals surface area contributed by atoms with E-state index in [4.69, 9.17) is 10.3 Å². The van der Waals surface area contributed by atoms with Crippen molar-refractivity contribution in [3.8, 4) is 0 Å². The third kappa shape index (κ3) is 3.79. The maximum absolute atomic E-state index is 5.88. The zero-order chi connectivity index (χ0) is 13.1. The Morgan fingerprint density at radius 2 is 2.10 bits per heavy atom. The molecule has 0 amide bonds. The van der Waals surface area contributed by atoms with Crippen molar-refractivity contribution in [1.82, 2.24) is 15.0 Å². The Morgan fingerprint density at radius 1 is 1.30 bits per heavy atom. The second-order valence-corrected chi connectivity index (χ2v) is 5.05. The first-order valence-electron chi connectivity index (χ1n) is 6.63. The summed E-state index contributed by atoms with van der Waals surface area (Å²) in [6, 6.07) is 10.4. The lowest BCUT2D eigenvalue weighted by Crippen LogP contribution is -2.26. The topological polar surface area (TPSA) is 68.2 Å². The first-order chi connectivity index (χ1) is 9.29. The van der Waals surface area contributed by atoms with E-state index in [9.17, 15) is 0 Å². The molecule has 1 atom stereocenters. The molecule has 1 aliphatic rings. The number of hydrogen-bond acceptors (Lipinski definition) is 5. The van der Waals surface area contributed by atoms with E-state index in [1.54, 1.807) is 0 Å². The van der Waals surface area contributed by atoms with Gasteiger partial charge >= 0.3 is 0 Å². The van der Waals surface area contributed by atoms with Gasteiger partial charge in [0.25, 0.3) is 0 Å². The molecule has 0 radical (unpaired) electrons. The van der Waals surface area contributed by atoms with E-state index < -0.39 is 0 Å². The molecule has 0 aliphatic carbocycles. The summed E-state index contributed by atoms with van der Waals surface area (Å²) in [5.74, 6) is 1.42. The normalized spacial score (nSPS) is 18.9. The van der Waals surface area contributed by atoms with Gasteiger partial charge in [-0.2, -0.15) is 4.98 Å². The van der Waals surface area contributed by atoms with Crippen molar-refractivity contribution < 1.29 is 4.52 Å². The number of benzene rings is 1. The number of nitrogens with two attached hydrogens (primary N) is 1. The predicted octanol–water partition coefficient (Wildman–Crippen LogP) is 1.62. The highest BCUT2D eigenvalue weighted by Crippen LogP contribution is 2.12. The molecule has 1 fully saturated rings. The molecule has 5 nitrogen and oxygen atoms in total. The van der Waals surface area contributed by atoms with Crippen LogP contribution in [-0.2, 0) is 13.0 Å². The molecule has 6 heteroatoms. The fourth-order valence-electron chi connectivity index (χ4n) is 2.40. The van der Waals surface area contributed by atoms with Gasteiger partial charge in [0, 0.05) is 25.6 Å². The molecule has 2 N–H and O–H groups in total. The van der Waals surface area contributed by atoms with Crippen molar-refractivity contribution in [2.45, 2.75) is 25.4 Å². The summed E-state index contributed by atoms with van der Waals surface area (Å²) in [6.45, 7) is 2.63. The molecular formula is C14H19ClN4O. The van der Waals surface area contributed by atoms with Crippen molar-refractivity contribution in [2.24, 2.45) is 5.73 Å². The smallest absolute Gasteiger partial charge is 0.240 e. The molecule has 20 heavy (non-hydrogen) atoms. The molecule has 2 aromatic rings. The van der Waals surface area contributed by atoms with Gasteiger partial charge in [-0.25, -0.2) is 0 Å². The molecule has 1 aliphatic heterocycles. The van der Waals surface area contributed by atoms with E-state index in [2.05, 4.69) is 27.2 Å². The van der Waals surface area contributed by atoms with Crippen molar-refractivity contribution in [1.29, 1.82) is 0 Å². The average molecular weight is 295 g/mol. The second-order valence-electron chi connectivity index (χ2n) is 5.05. The van der Waals surface area contributed by atoms with E-state index >= 15 is 0 Å². The van der Waals surface area contributed by atoms with Crippen LogP contribution in [0, 0.1) is 0 Å². The predicted molar refractivity (Wildman–Crippen MR) is 78.7 cm³/mol. The van der Waals surface area contributed by atoms with Crippen LogP contribution in [0.1, 0.15) is 23.7 Å². The van der Waals surface area contributed by atoms with E-state index in [0.717, 1.165) is 25.3 Å². The Morgan fingerprint density at radius 3 is 2.80 bits per heavy atom. The summed E-state index contributed by atoms with van der Waals surface area (Å²) in [7, 11) is 0. The fraction of sp³-hybridized carbons (Fsp3) is 0.429. The van der Waals surface area contributed by atoms with Crippen LogP contribution in [0.3, 0.4) is 0 Å². The molecule has 0 saturated carbocycles. The SMILES string of the molecule is Cl.N[C@H]1CCN(Cc2nc(Cc3ccccc3)no2)C1. The lowest BCUT2D eigenvalue weighted by molar-refractivity contribution is 0.265. The third-order valence-electron chi connectivity index (χ3n) is 3.38. The number of halogens is 1. The number of aromatic nitrogens is 2. The fourth-order valence-corrected chi connectivity index (χ4v) is 2.40. The highest BCUT2D eigenvalue weighted by atomic mass is 35.5. The Kier molecular flexibility index (Phi) is 5.11. The number of nitrogens with zero attached hydrogens (tertiary/aromatic N) is 3. The van der Waals surface area contributed by atoms with E-state index in [1.165, 1.54) is 5.56 Å². The minimum Gasteiger partial charge on any atom is -0.338 e. The van der Waals surface area contributed by atoms with E-state index in [0.29, 0.717) is 18.9 Å². The van der Waals surface area contributed by atoms with Gasteiger partial charge in [0.05, 0.1) is 6.54 Å². The van der Waals surface area contributed by atoms with Crippen LogP contribution in [-0.4, -0.2) is 34.2 Å². The highest BCUT2D eigenvalue weighted by Gasteiger charge is 2.21. The summed E-state index contributed by atoms with van der Waals surface area (Å²) >= 11 is 0. The molecule has 0 spiro atoms. The number of likely N-dealkylation sites (tertiary alicyclic amines) is 1. The monoisotopic (exact) mass is 294 g/mol. The zero-order valence-corrected chi connectivity index (χ0v) is 12.1. The first-order valence-corrected chi connectivity index (χ1v) is 6.63. The molecule has 3 rings (SSSR count). The van der Waals surface area contributed by atoms with Gasteiger partial charge in [-0.05, 0) is 12.0 Å². The molecule has 1 saturated heterocycles. The van der Waals surface area contributed by atoms with Crippen LogP contribution >= 0.6 is 12.4 Å². The standard InChI is InChI=1S/C14H18N4O.ClH/c15-12-6-7-18(9-12)10-14-16-13(17-19-14)8-11-4-2-1-3-5-11;/h1-5,12H,6-10,15H2;1H/t12-;/m0./s1. The summed E-state index contributed by atoms with van der Waals surface area (Å²) in [5.41, 5.74) is 7.07. The minimum absolute atomic E-state index is 0. The maximum atomic E-state index is 5.88. The first kappa shape index (κ1) is 15.0. The summed E-state index contributed by atoms with van der Waals surface area (Å²) in [5, 5.41) is 4.03. The van der Waals surface area contributed by atoms with E-state index in [-0.39, 0.29) is 18.4 Å². The molecule has 1 aromatic carbocycles. The molecule has 1 aromatic heterocycles. The van der Waals surface area contributed by atoms with Gasteiger partial charge in [0.1, 0.15) is 0 Å². The summed E-state index contributed by atoms with van der Waals surface area (Å²) < 4.78 is 5.29. The average Bonchev–Trinajstić information content (AvgIpc) is 3.01. The van der Waals surface area contributed by atoms with Gasteiger partial charge in [-0.15, -0.1) is 12.4 Å². The van der Waals surface area contributed by atoms with Gasteiger partial charge < -0.3 is 10.3 Å². The molecular weight excluding hydrogens is 276 g/mol. The Bertz CT molecular complexity index is 531. The van der Waals surface area contributed by atoms with Gasteiger partial charge in [-0.3, -0.25) is 4.90 Å². The van der Waals surface area contributed by atoms with Crippen molar-refractivity contribution in [2.75, 3.05) is 13.1 Å². The van der Waals surface area contributed by atoms with Crippen LogP contribution in [0.5, 0.6) is 0 Å². The summed E-state index contributed by atoms with van der Waals surface area (Å²) in [4.78, 5) is 6.69. The Labute approximate surface area is 124 Å². The van der Waals surface area contributed by atoms with Gasteiger partial charge in [0.15, 0.2) is 5.82 Å². The van der Waals surface area contributed by atoms with Crippen molar-refractivity contribution in [3.05, 3.63) is 47.6 Å². The van der Waals surface area contributed by atoms with Gasteiger partial charge in [0.2, 0.25) is 5.89 Å². The Hall–Kier alpha value is -1.43. The van der Waals surface area contributed by atoms with Crippen molar-refractivity contribution >= 4 is 12.4 Å². The molecule has 2 heterocycles. The third-order valence-corrected chi connectivity index (χ3v) is 3.38.